The molecule has 0 aliphatic carbocycles. The first-order chi connectivity index (χ1) is 14.6. The molecule has 0 bridgehead atoms. The smallest absolute Gasteiger partial charge is 0.257 e. The maximum absolute atomic E-state index is 12.5. The molecule has 3 N–H and O–H groups in total. The van der Waals surface area contributed by atoms with Crippen molar-refractivity contribution in [2.75, 3.05) is 26.8 Å². The van der Waals surface area contributed by atoms with E-state index in [1.54, 1.807) is 7.11 Å². The molecule has 0 aromatic heterocycles. The van der Waals surface area contributed by atoms with E-state index in [1.165, 1.54) is 5.56 Å². The van der Waals surface area contributed by atoms with Gasteiger partial charge in [-0.3, -0.25) is 14.9 Å². The summed E-state index contributed by atoms with van der Waals surface area (Å²) in [5, 5.41) is 9.17. The molecule has 1 heterocycles. The van der Waals surface area contributed by atoms with Gasteiger partial charge in [-0.25, -0.2) is 0 Å². The molecule has 0 atom stereocenters. The maximum atomic E-state index is 12.5. The van der Waals surface area contributed by atoms with Crippen molar-refractivity contribution in [1.29, 1.82) is 0 Å². The number of carbonyl (C=O) groups is 2. The van der Waals surface area contributed by atoms with E-state index in [0.29, 0.717) is 31.0 Å². The number of hydrogen-bond acceptors (Lipinski definition) is 5. The monoisotopic (exact) mass is 467 g/mol. The number of nitrogens with one attached hydrogen (secondary N) is 3. The third kappa shape index (κ3) is 8.02. The maximum Gasteiger partial charge on any atom is 0.257 e. The number of methoxy groups -OCH3 is 1. The Hall–Kier alpha value is -2.25. The molecule has 0 radical (unpaired) electrons. The third-order valence-electron chi connectivity index (χ3n) is 5.14. The Balaban J connectivity index is 0.00000512. The summed E-state index contributed by atoms with van der Waals surface area (Å²) >= 11 is 0. The molecule has 180 valence electrons. The molecule has 2 amide bonds. The van der Waals surface area contributed by atoms with Crippen molar-refractivity contribution in [2.45, 2.75) is 65.0 Å². The van der Waals surface area contributed by atoms with Crippen LogP contribution in [0.25, 0.3) is 0 Å². The van der Waals surface area contributed by atoms with Crippen molar-refractivity contribution in [3.8, 4) is 11.5 Å². The van der Waals surface area contributed by atoms with Crippen LogP contribution in [0, 0.1) is 0 Å². The highest BCUT2D eigenvalue weighted by molar-refractivity contribution is 5.96. The molecule has 1 aliphatic heterocycles. The molecule has 0 saturated heterocycles. The summed E-state index contributed by atoms with van der Waals surface area (Å²) in [6, 6.07) is 5.76. The van der Waals surface area contributed by atoms with Crippen LogP contribution in [0.15, 0.2) is 29.8 Å². The second kappa shape index (κ2) is 12.1. The highest BCUT2D eigenvalue weighted by Gasteiger charge is 2.39. The van der Waals surface area contributed by atoms with Crippen molar-refractivity contribution in [3.63, 3.8) is 0 Å². The zero-order chi connectivity index (χ0) is 23.1. The topological polar surface area (TPSA) is 88.7 Å². The zero-order valence-corrected chi connectivity index (χ0v) is 20.9. The van der Waals surface area contributed by atoms with Crippen molar-refractivity contribution < 1.29 is 19.1 Å². The molecule has 32 heavy (non-hydrogen) atoms. The lowest BCUT2D eigenvalue weighted by Crippen LogP contribution is -2.47. The van der Waals surface area contributed by atoms with Crippen LogP contribution in [-0.2, 0) is 16.0 Å². The summed E-state index contributed by atoms with van der Waals surface area (Å²) in [4.78, 5) is 24.6. The number of aryl methyl sites for hydroxylation is 1. The highest BCUT2D eigenvalue weighted by atomic mass is 35.5. The average molecular weight is 468 g/mol. The van der Waals surface area contributed by atoms with E-state index < -0.39 is 0 Å². The van der Waals surface area contributed by atoms with Gasteiger partial charge in [-0.2, -0.15) is 0 Å². The lowest BCUT2D eigenvalue weighted by Gasteiger charge is -2.27. The van der Waals surface area contributed by atoms with Crippen molar-refractivity contribution in [3.05, 3.63) is 35.4 Å². The Bertz CT molecular complexity index is 821. The van der Waals surface area contributed by atoms with E-state index >= 15 is 0 Å². The third-order valence-corrected chi connectivity index (χ3v) is 5.14. The van der Waals surface area contributed by atoms with Gasteiger partial charge in [0.25, 0.3) is 5.91 Å². The van der Waals surface area contributed by atoms with Gasteiger partial charge in [0.15, 0.2) is 18.1 Å². The zero-order valence-electron chi connectivity index (χ0n) is 20.1. The van der Waals surface area contributed by atoms with Crippen LogP contribution < -0.4 is 25.4 Å². The normalized spacial score (nSPS) is 15.9. The second-order valence-electron chi connectivity index (χ2n) is 9.01. The number of halogens is 1. The first-order valence-electron chi connectivity index (χ1n) is 11.0. The van der Waals surface area contributed by atoms with E-state index in [2.05, 4.69) is 22.9 Å². The van der Waals surface area contributed by atoms with Gasteiger partial charge in [0.1, 0.15) is 0 Å². The molecule has 0 fully saturated rings. The minimum Gasteiger partial charge on any atom is -0.493 e. The number of amides is 2. The van der Waals surface area contributed by atoms with Gasteiger partial charge in [-0.15, -0.1) is 12.4 Å². The Morgan fingerprint density at radius 1 is 1.06 bits per heavy atom. The first kappa shape index (κ1) is 27.8. The summed E-state index contributed by atoms with van der Waals surface area (Å²) in [6.45, 7) is 11.1. The number of carbonyl (C=O) groups excluding carboxylic acids is 2. The Kier molecular flexibility index (Phi) is 10.5. The number of rotatable bonds is 11. The molecule has 1 aromatic rings. The largest absolute Gasteiger partial charge is 0.493 e. The van der Waals surface area contributed by atoms with Crippen LogP contribution in [0.2, 0.25) is 0 Å². The van der Waals surface area contributed by atoms with E-state index in [4.69, 9.17) is 9.47 Å². The quantitative estimate of drug-likeness (QED) is 0.435. The molecule has 0 saturated carbocycles. The van der Waals surface area contributed by atoms with Crippen LogP contribution in [-0.4, -0.2) is 49.7 Å². The van der Waals surface area contributed by atoms with Gasteiger partial charge in [0.2, 0.25) is 5.91 Å². The lowest BCUT2D eigenvalue weighted by atomic mass is 9.96. The molecule has 7 nitrogen and oxygen atoms in total. The van der Waals surface area contributed by atoms with E-state index in [1.807, 2.05) is 52.0 Å². The van der Waals surface area contributed by atoms with Crippen LogP contribution >= 0.6 is 12.4 Å². The number of ether oxygens (including phenoxy) is 2. The van der Waals surface area contributed by atoms with Gasteiger partial charge in [0, 0.05) is 29.7 Å². The SMILES string of the molecule is CCCc1ccc(OCC(=O)NCCCNC(=O)C2=CC(C)(C)NC2(C)C)c(OC)c1.Cl. The molecule has 2 rings (SSSR count). The van der Waals surface area contributed by atoms with Gasteiger partial charge < -0.3 is 20.1 Å². The van der Waals surface area contributed by atoms with Crippen molar-refractivity contribution in [2.24, 2.45) is 0 Å². The summed E-state index contributed by atoms with van der Waals surface area (Å²) in [5.41, 5.74) is 1.35. The predicted octanol–water partition coefficient (Wildman–Crippen LogP) is 3.16. The van der Waals surface area contributed by atoms with Gasteiger partial charge in [-0.05, 0) is 58.2 Å². The number of benzene rings is 1. The van der Waals surface area contributed by atoms with E-state index in [9.17, 15) is 9.59 Å². The Labute approximate surface area is 198 Å². The average Bonchev–Trinajstić information content (AvgIpc) is 2.93. The summed E-state index contributed by atoms with van der Waals surface area (Å²) in [5.74, 6) is 0.893. The van der Waals surface area contributed by atoms with Crippen molar-refractivity contribution >= 4 is 24.2 Å². The lowest BCUT2D eigenvalue weighted by molar-refractivity contribution is -0.123. The van der Waals surface area contributed by atoms with Crippen LogP contribution in [0.3, 0.4) is 0 Å². The summed E-state index contributed by atoms with van der Waals surface area (Å²) < 4.78 is 11.0. The fourth-order valence-electron chi connectivity index (χ4n) is 3.88. The minimum atomic E-state index is -0.366. The molecule has 1 aromatic carbocycles. The number of hydrogen-bond donors (Lipinski definition) is 3. The van der Waals surface area contributed by atoms with Crippen LogP contribution in [0.1, 0.15) is 53.0 Å². The van der Waals surface area contributed by atoms with Gasteiger partial charge in [0.05, 0.1) is 7.11 Å². The Morgan fingerprint density at radius 2 is 1.75 bits per heavy atom. The molecule has 0 spiro atoms. The van der Waals surface area contributed by atoms with Crippen molar-refractivity contribution in [1.82, 2.24) is 16.0 Å². The van der Waals surface area contributed by atoms with Crippen LogP contribution in [0.4, 0.5) is 0 Å². The molecular formula is C24H38ClN3O4. The summed E-state index contributed by atoms with van der Waals surface area (Å²) in [6.07, 6.45) is 4.63. The molecular weight excluding hydrogens is 430 g/mol. The second-order valence-corrected chi connectivity index (χ2v) is 9.01. The van der Waals surface area contributed by atoms with E-state index in [0.717, 1.165) is 18.4 Å². The molecule has 1 aliphatic rings. The Morgan fingerprint density at radius 3 is 2.34 bits per heavy atom. The van der Waals surface area contributed by atoms with E-state index in [-0.39, 0.29) is 41.9 Å². The minimum absolute atomic E-state index is 0. The first-order valence-corrected chi connectivity index (χ1v) is 11.0. The molecule has 0 unspecified atom stereocenters. The predicted molar refractivity (Wildman–Crippen MR) is 130 cm³/mol. The highest BCUT2D eigenvalue weighted by Crippen LogP contribution is 2.30. The van der Waals surface area contributed by atoms with Gasteiger partial charge >= 0.3 is 0 Å². The molecule has 8 heteroatoms. The fraction of sp³-hybridized carbons (Fsp3) is 0.583. The fourth-order valence-corrected chi connectivity index (χ4v) is 3.88. The van der Waals surface area contributed by atoms with Crippen LogP contribution in [0.5, 0.6) is 11.5 Å². The standard InChI is InChI=1S/C24H37N3O4.ClH/c1-7-9-17-10-11-19(20(14-17)30-6)31-16-21(28)25-12-8-13-26-22(29)18-15-23(2,3)27-24(18,4)5;/h10-11,14-15,27H,7-9,12-13,16H2,1-6H3,(H,25,28)(H,26,29);1H. The summed E-state index contributed by atoms with van der Waals surface area (Å²) in [7, 11) is 1.59. The van der Waals surface area contributed by atoms with Gasteiger partial charge in [-0.1, -0.05) is 25.5 Å².